The zero-order valence-corrected chi connectivity index (χ0v) is 17.4. The Morgan fingerprint density at radius 1 is 0.778 bits per heavy atom. The lowest BCUT2D eigenvalue weighted by Crippen LogP contribution is -1.97. The number of rotatable bonds is 2. The van der Waals surface area contributed by atoms with Crippen molar-refractivity contribution in [2.45, 2.75) is 0 Å². The number of phenols is 1. The second-order valence-electron chi connectivity index (χ2n) is 3.35. The highest BCUT2D eigenvalue weighted by Gasteiger charge is 2.20. The van der Waals surface area contributed by atoms with Gasteiger partial charge >= 0.3 is 0 Å². The SMILES string of the molecule is Oc1c(I)c(I)c(I)c(I)c1Oc1ccccc1. The van der Waals surface area contributed by atoms with Gasteiger partial charge in [-0.15, -0.1) is 0 Å². The fourth-order valence-corrected chi connectivity index (χ4v) is 4.52. The molecule has 6 heteroatoms. The molecule has 2 nitrogen and oxygen atoms in total. The summed E-state index contributed by atoms with van der Waals surface area (Å²) in [4.78, 5) is 0. The van der Waals surface area contributed by atoms with E-state index in [0.29, 0.717) is 5.75 Å². The summed E-state index contributed by atoms with van der Waals surface area (Å²) in [6.45, 7) is 0. The quantitative estimate of drug-likeness (QED) is 0.253. The Labute approximate surface area is 159 Å². The summed E-state index contributed by atoms with van der Waals surface area (Å²) >= 11 is 8.83. The molecule has 0 unspecified atom stereocenters. The lowest BCUT2D eigenvalue weighted by molar-refractivity contribution is 0.405. The Morgan fingerprint density at radius 3 is 1.94 bits per heavy atom. The number of hydrogen-bond donors (Lipinski definition) is 1. The molecule has 0 atom stereocenters. The van der Waals surface area contributed by atoms with Crippen LogP contribution in [0, 0.1) is 14.3 Å². The summed E-state index contributed by atoms with van der Waals surface area (Å²) in [6, 6.07) is 9.48. The molecule has 0 saturated carbocycles. The minimum absolute atomic E-state index is 0.202. The summed E-state index contributed by atoms with van der Waals surface area (Å²) in [5.74, 6) is 1.45. The zero-order chi connectivity index (χ0) is 13.3. The Morgan fingerprint density at radius 2 is 1.33 bits per heavy atom. The monoisotopic (exact) mass is 690 g/mol. The van der Waals surface area contributed by atoms with Crippen molar-refractivity contribution in [1.29, 1.82) is 0 Å². The van der Waals surface area contributed by atoms with Crippen molar-refractivity contribution in [3.63, 3.8) is 0 Å². The van der Waals surface area contributed by atoms with Crippen molar-refractivity contribution < 1.29 is 9.84 Å². The predicted molar refractivity (Wildman–Crippen MR) is 105 cm³/mol. The van der Waals surface area contributed by atoms with Crippen LogP contribution in [0.2, 0.25) is 0 Å². The van der Waals surface area contributed by atoms with Gasteiger partial charge in [-0.05, 0) is 102 Å². The second-order valence-corrected chi connectivity index (χ2v) is 7.66. The molecule has 0 saturated heterocycles. The summed E-state index contributed by atoms with van der Waals surface area (Å²) in [7, 11) is 0. The molecule has 2 rings (SSSR count). The van der Waals surface area contributed by atoms with Crippen LogP contribution in [-0.4, -0.2) is 5.11 Å². The Balaban J connectivity index is 2.52. The minimum atomic E-state index is 0.202. The lowest BCUT2D eigenvalue weighted by atomic mass is 10.3. The number of halogens is 4. The fraction of sp³-hybridized carbons (Fsp3) is 0. The number of hydrogen-bond acceptors (Lipinski definition) is 2. The molecule has 0 aliphatic rings. The maximum absolute atomic E-state index is 10.2. The average molecular weight is 690 g/mol. The summed E-state index contributed by atoms with van der Waals surface area (Å²) < 4.78 is 9.69. The number of phenolic OH excluding ortho intramolecular Hbond substituents is 1. The third kappa shape index (κ3) is 3.16. The van der Waals surface area contributed by atoms with E-state index >= 15 is 0 Å². The highest BCUT2D eigenvalue weighted by Crippen LogP contribution is 2.43. The molecule has 0 radical (unpaired) electrons. The fourth-order valence-electron chi connectivity index (χ4n) is 1.30. The van der Waals surface area contributed by atoms with E-state index in [4.69, 9.17) is 4.74 Å². The highest BCUT2D eigenvalue weighted by atomic mass is 127. The van der Waals surface area contributed by atoms with Gasteiger partial charge < -0.3 is 9.84 Å². The van der Waals surface area contributed by atoms with E-state index in [2.05, 4.69) is 90.4 Å². The number of aromatic hydroxyl groups is 1. The molecule has 0 aliphatic heterocycles. The van der Waals surface area contributed by atoms with Crippen LogP contribution in [-0.2, 0) is 0 Å². The van der Waals surface area contributed by atoms with Crippen LogP contribution in [0.1, 0.15) is 0 Å². The van der Waals surface area contributed by atoms with Gasteiger partial charge in [-0.2, -0.15) is 0 Å². The van der Waals surface area contributed by atoms with E-state index in [0.717, 1.165) is 20.0 Å². The van der Waals surface area contributed by atoms with E-state index in [-0.39, 0.29) is 5.75 Å². The van der Waals surface area contributed by atoms with Gasteiger partial charge in [0.1, 0.15) is 5.75 Å². The normalized spacial score (nSPS) is 10.4. The lowest BCUT2D eigenvalue weighted by Gasteiger charge is -2.14. The Kier molecular flexibility index (Phi) is 5.64. The molecule has 18 heavy (non-hydrogen) atoms. The van der Waals surface area contributed by atoms with Crippen molar-refractivity contribution in [2.24, 2.45) is 0 Å². The molecule has 1 N–H and O–H groups in total. The molecule has 0 fully saturated rings. The van der Waals surface area contributed by atoms with Crippen LogP contribution in [0.25, 0.3) is 0 Å². The number of ether oxygens (including phenoxy) is 1. The number of benzene rings is 2. The third-order valence-electron chi connectivity index (χ3n) is 2.16. The highest BCUT2D eigenvalue weighted by molar-refractivity contribution is 14.1. The second kappa shape index (κ2) is 6.61. The first-order valence-electron chi connectivity index (χ1n) is 4.80. The van der Waals surface area contributed by atoms with Crippen LogP contribution < -0.4 is 4.74 Å². The van der Waals surface area contributed by atoms with E-state index in [9.17, 15) is 5.11 Å². The van der Waals surface area contributed by atoms with E-state index in [1.54, 1.807) is 0 Å². The Bertz CT molecular complexity index is 555. The molecule has 0 aliphatic carbocycles. The van der Waals surface area contributed by atoms with Gasteiger partial charge in [0, 0.05) is 7.14 Å². The molecule has 94 valence electrons. The first kappa shape index (κ1) is 15.4. The van der Waals surface area contributed by atoms with Gasteiger partial charge in [-0.3, -0.25) is 0 Å². The summed E-state index contributed by atoms with van der Waals surface area (Å²) in [5.41, 5.74) is 0. The van der Waals surface area contributed by atoms with Crippen molar-refractivity contribution in [1.82, 2.24) is 0 Å². The minimum Gasteiger partial charge on any atom is -0.503 e. The zero-order valence-electron chi connectivity index (χ0n) is 8.75. The Hall–Kier alpha value is 0.960. The van der Waals surface area contributed by atoms with Gasteiger partial charge in [-0.1, -0.05) is 18.2 Å². The summed E-state index contributed by atoms with van der Waals surface area (Å²) in [5, 5.41) is 10.2. The van der Waals surface area contributed by atoms with Crippen LogP contribution in [0.5, 0.6) is 17.2 Å². The maximum atomic E-state index is 10.2. The number of para-hydroxylation sites is 1. The predicted octanol–water partition coefficient (Wildman–Crippen LogP) is 5.60. The van der Waals surface area contributed by atoms with Crippen molar-refractivity contribution >= 4 is 90.4 Å². The van der Waals surface area contributed by atoms with Gasteiger partial charge in [0.25, 0.3) is 0 Å². The molecule has 0 bridgehead atoms. The van der Waals surface area contributed by atoms with Gasteiger partial charge in [-0.25, -0.2) is 0 Å². The molecule has 2 aromatic carbocycles. The van der Waals surface area contributed by atoms with Crippen LogP contribution in [0.15, 0.2) is 30.3 Å². The molecule has 2 aromatic rings. The molecule has 0 heterocycles. The van der Waals surface area contributed by atoms with E-state index < -0.39 is 0 Å². The molecule has 0 aromatic heterocycles. The molecule has 0 amide bonds. The van der Waals surface area contributed by atoms with Crippen molar-refractivity contribution in [2.75, 3.05) is 0 Å². The standard InChI is InChI=1S/C12H6I4O2/c13-7-8(14)10(16)12(11(17)9(7)15)18-6-4-2-1-3-5-6/h1-5,17H. The van der Waals surface area contributed by atoms with Crippen LogP contribution in [0.4, 0.5) is 0 Å². The van der Waals surface area contributed by atoms with E-state index in [1.165, 1.54) is 0 Å². The topological polar surface area (TPSA) is 29.5 Å². The maximum Gasteiger partial charge on any atom is 0.184 e. The smallest absolute Gasteiger partial charge is 0.184 e. The van der Waals surface area contributed by atoms with Crippen LogP contribution >= 0.6 is 90.4 Å². The van der Waals surface area contributed by atoms with Gasteiger partial charge in [0.15, 0.2) is 11.5 Å². The van der Waals surface area contributed by atoms with Crippen LogP contribution in [0.3, 0.4) is 0 Å². The van der Waals surface area contributed by atoms with E-state index in [1.807, 2.05) is 30.3 Å². The first-order valence-corrected chi connectivity index (χ1v) is 9.11. The largest absolute Gasteiger partial charge is 0.503 e. The summed E-state index contributed by atoms with van der Waals surface area (Å²) in [6.07, 6.45) is 0. The molecular weight excluding hydrogens is 684 g/mol. The molecule has 0 spiro atoms. The van der Waals surface area contributed by atoms with Gasteiger partial charge in [0.05, 0.1) is 7.14 Å². The first-order chi connectivity index (χ1) is 8.52. The van der Waals surface area contributed by atoms with Crippen molar-refractivity contribution in [3.05, 3.63) is 44.6 Å². The third-order valence-corrected chi connectivity index (χ3v) is 9.50. The van der Waals surface area contributed by atoms with Crippen molar-refractivity contribution in [3.8, 4) is 17.2 Å². The van der Waals surface area contributed by atoms with Gasteiger partial charge in [0.2, 0.25) is 0 Å². The molecular formula is C12H6I4O2. The average Bonchev–Trinajstić information content (AvgIpc) is 2.40.